The summed E-state index contributed by atoms with van der Waals surface area (Å²) in [7, 11) is 0. The smallest absolute Gasteiger partial charge is 0.127 e. The third-order valence-corrected chi connectivity index (χ3v) is 2.91. The van der Waals surface area contributed by atoms with Gasteiger partial charge in [0, 0.05) is 6.42 Å². The van der Waals surface area contributed by atoms with Gasteiger partial charge in [-0.15, -0.1) is 6.58 Å². The average Bonchev–Trinajstić information content (AvgIpc) is 2.42. The van der Waals surface area contributed by atoms with Crippen LogP contribution in [0.1, 0.15) is 23.7 Å². The number of hydrogen-bond donors (Lipinski definition) is 0. The van der Waals surface area contributed by atoms with Crippen LogP contribution in [0.4, 0.5) is 0 Å². The molecule has 92 valence electrons. The second-order valence-electron chi connectivity index (χ2n) is 4.31. The zero-order valence-electron chi connectivity index (χ0n) is 10.7. The molecular formula is C17H18O. The molecule has 0 unspecified atom stereocenters. The summed E-state index contributed by atoms with van der Waals surface area (Å²) >= 11 is 0. The molecule has 0 heterocycles. The van der Waals surface area contributed by atoms with Gasteiger partial charge < -0.3 is 4.74 Å². The van der Waals surface area contributed by atoms with E-state index in [4.69, 9.17) is 4.74 Å². The summed E-state index contributed by atoms with van der Waals surface area (Å²) in [6, 6.07) is 18.4. The molecule has 2 aromatic carbocycles. The van der Waals surface area contributed by atoms with Gasteiger partial charge >= 0.3 is 0 Å². The molecule has 2 rings (SSSR count). The Morgan fingerprint density at radius 2 is 1.72 bits per heavy atom. The summed E-state index contributed by atoms with van der Waals surface area (Å²) in [5, 5.41) is 0. The van der Waals surface area contributed by atoms with Crippen LogP contribution in [-0.4, -0.2) is 0 Å². The van der Waals surface area contributed by atoms with Gasteiger partial charge in [-0.25, -0.2) is 0 Å². The highest BCUT2D eigenvalue weighted by atomic mass is 16.5. The molecule has 0 aromatic heterocycles. The Hall–Kier alpha value is -2.02. The van der Waals surface area contributed by atoms with Gasteiger partial charge in [-0.2, -0.15) is 0 Å². The Balaban J connectivity index is 2.22. The molecule has 0 aliphatic heterocycles. The van der Waals surface area contributed by atoms with Gasteiger partial charge in [0.05, 0.1) is 0 Å². The van der Waals surface area contributed by atoms with Crippen molar-refractivity contribution in [2.75, 3.05) is 0 Å². The number of ether oxygens (including phenoxy) is 1. The Kier molecular flexibility index (Phi) is 4.19. The fourth-order valence-corrected chi connectivity index (χ4v) is 1.91. The Morgan fingerprint density at radius 1 is 1.06 bits per heavy atom. The predicted octanol–water partition coefficient (Wildman–Crippen LogP) is 4.69. The van der Waals surface area contributed by atoms with E-state index < -0.39 is 0 Å². The lowest BCUT2D eigenvalue weighted by Crippen LogP contribution is -2.07. The van der Waals surface area contributed by atoms with Crippen molar-refractivity contribution in [1.29, 1.82) is 0 Å². The summed E-state index contributed by atoms with van der Waals surface area (Å²) in [6.45, 7) is 5.87. The van der Waals surface area contributed by atoms with Gasteiger partial charge in [0.25, 0.3) is 0 Å². The molecule has 0 spiro atoms. The first kappa shape index (κ1) is 12.4. The summed E-state index contributed by atoms with van der Waals surface area (Å²) in [5.41, 5.74) is 2.34. The molecule has 1 heteroatoms. The van der Waals surface area contributed by atoms with Crippen molar-refractivity contribution in [3.63, 3.8) is 0 Å². The Bertz CT molecular complexity index is 502. The number of benzene rings is 2. The summed E-state index contributed by atoms with van der Waals surface area (Å²) in [6.07, 6.45) is 2.73. The van der Waals surface area contributed by atoms with Crippen LogP contribution < -0.4 is 4.74 Å². The molecule has 0 radical (unpaired) electrons. The number of hydrogen-bond acceptors (Lipinski definition) is 1. The topological polar surface area (TPSA) is 9.23 Å². The van der Waals surface area contributed by atoms with E-state index in [0.717, 1.165) is 17.7 Å². The quantitative estimate of drug-likeness (QED) is 0.686. The molecule has 0 aliphatic rings. The van der Waals surface area contributed by atoms with E-state index in [1.165, 1.54) is 5.56 Å². The summed E-state index contributed by atoms with van der Waals surface area (Å²) in [5.74, 6) is 0.938. The lowest BCUT2D eigenvalue weighted by Gasteiger charge is -2.19. The number of rotatable bonds is 5. The van der Waals surface area contributed by atoms with Crippen LogP contribution in [0.3, 0.4) is 0 Å². The molecule has 18 heavy (non-hydrogen) atoms. The molecule has 1 atom stereocenters. The standard InChI is InChI=1S/C17H18O/c1-3-9-17(15-11-5-4-6-12-15)18-16-13-8-7-10-14(16)2/h3-8,10-13,17H,1,9H2,2H3/t17-/m1/s1. The summed E-state index contributed by atoms with van der Waals surface area (Å²) < 4.78 is 6.10. The fraction of sp³-hybridized carbons (Fsp3) is 0.176. The van der Waals surface area contributed by atoms with Gasteiger partial charge in [0.2, 0.25) is 0 Å². The molecule has 0 amide bonds. The van der Waals surface area contributed by atoms with Crippen LogP contribution >= 0.6 is 0 Å². The zero-order valence-corrected chi connectivity index (χ0v) is 10.7. The first-order valence-electron chi connectivity index (χ1n) is 6.19. The zero-order chi connectivity index (χ0) is 12.8. The van der Waals surface area contributed by atoms with Gasteiger partial charge in [0.1, 0.15) is 11.9 Å². The van der Waals surface area contributed by atoms with E-state index in [1.54, 1.807) is 0 Å². The highest BCUT2D eigenvalue weighted by Crippen LogP contribution is 2.27. The van der Waals surface area contributed by atoms with Crippen LogP contribution in [0.25, 0.3) is 0 Å². The minimum atomic E-state index is 0.0322. The fourth-order valence-electron chi connectivity index (χ4n) is 1.91. The number of para-hydroxylation sites is 1. The average molecular weight is 238 g/mol. The van der Waals surface area contributed by atoms with Gasteiger partial charge in [-0.3, -0.25) is 0 Å². The molecule has 0 bridgehead atoms. The monoisotopic (exact) mass is 238 g/mol. The Morgan fingerprint density at radius 3 is 2.39 bits per heavy atom. The number of aryl methyl sites for hydroxylation is 1. The normalized spacial score (nSPS) is 11.8. The predicted molar refractivity (Wildman–Crippen MR) is 75.8 cm³/mol. The van der Waals surface area contributed by atoms with Crippen molar-refractivity contribution in [3.05, 3.63) is 78.4 Å². The van der Waals surface area contributed by atoms with Crippen molar-refractivity contribution >= 4 is 0 Å². The minimum absolute atomic E-state index is 0.0322. The molecular weight excluding hydrogens is 220 g/mol. The van der Waals surface area contributed by atoms with E-state index >= 15 is 0 Å². The molecule has 0 fully saturated rings. The van der Waals surface area contributed by atoms with Crippen LogP contribution in [0.5, 0.6) is 5.75 Å². The van der Waals surface area contributed by atoms with Crippen molar-refractivity contribution in [2.24, 2.45) is 0 Å². The van der Waals surface area contributed by atoms with Crippen LogP contribution in [0, 0.1) is 6.92 Å². The van der Waals surface area contributed by atoms with Crippen molar-refractivity contribution in [3.8, 4) is 5.75 Å². The Labute approximate surface area is 109 Å². The van der Waals surface area contributed by atoms with Crippen LogP contribution in [-0.2, 0) is 0 Å². The molecule has 1 nitrogen and oxygen atoms in total. The molecule has 0 N–H and O–H groups in total. The first-order valence-corrected chi connectivity index (χ1v) is 6.19. The maximum absolute atomic E-state index is 6.10. The summed E-state index contributed by atoms with van der Waals surface area (Å²) in [4.78, 5) is 0. The molecule has 0 saturated heterocycles. The molecule has 2 aromatic rings. The lowest BCUT2D eigenvalue weighted by atomic mass is 10.1. The van der Waals surface area contributed by atoms with Gasteiger partial charge in [-0.05, 0) is 24.1 Å². The third-order valence-electron chi connectivity index (χ3n) is 2.91. The highest BCUT2D eigenvalue weighted by Gasteiger charge is 2.12. The molecule has 0 aliphatic carbocycles. The molecule has 0 saturated carbocycles. The van der Waals surface area contributed by atoms with Gasteiger partial charge in [0.15, 0.2) is 0 Å². The van der Waals surface area contributed by atoms with Crippen molar-refractivity contribution < 1.29 is 4.74 Å². The maximum Gasteiger partial charge on any atom is 0.127 e. The maximum atomic E-state index is 6.10. The third kappa shape index (κ3) is 3.01. The second-order valence-corrected chi connectivity index (χ2v) is 4.31. The minimum Gasteiger partial charge on any atom is -0.485 e. The lowest BCUT2D eigenvalue weighted by molar-refractivity contribution is 0.208. The van der Waals surface area contributed by atoms with Crippen LogP contribution in [0.2, 0.25) is 0 Å². The van der Waals surface area contributed by atoms with Crippen molar-refractivity contribution in [2.45, 2.75) is 19.4 Å². The van der Waals surface area contributed by atoms with E-state index in [0.29, 0.717) is 0 Å². The van der Waals surface area contributed by atoms with Crippen LogP contribution in [0.15, 0.2) is 67.3 Å². The first-order chi connectivity index (χ1) is 8.81. The van der Waals surface area contributed by atoms with E-state index in [1.807, 2.05) is 42.5 Å². The van der Waals surface area contributed by atoms with E-state index in [9.17, 15) is 0 Å². The van der Waals surface area contributed by atoms with E-state index in [2.05, 4.69) is 31.7 Å². The van der Waals surface area contributed by atoms with Crippen molar-refractivity contribution in [1.82, 2.24) is 0 Å². The highest BCUT2D eigenvalue weighted by molar-refractivity contribution is 5.33. The SMILES string of the molecule is C=CC[C@@H](Oc1ccccc1C)c1ccccc1. The van der Waals surface area contributed by atoms with Gasteiger partial charge in [-0.1, -0.05) is 54.6 Å². The largest absolute Gasteiger partial charge is 0.485 e. The second kappa shape index (κ2) is 6.06. The van der Waals surface area contributed by atoms with E-state index in [-0.39, 0.29) is 6.10 Å².